The van der Waals surface area contributed by atoms with Crippen LogP contribution in [0.25, 0.3) is 89.6 Å². The zero-order chi connectivity index (χ0) is 40.6. The molecule has 9 aromatic rings. The fraction of sp³-hybridized carbons (Fsp3) is 0.118. The van der Waals surface area contributed by atoms with Gasteiger partial charge < -0.3 is 9.76 Å². The van der Waals surface area contributed by atoms with Crippen LogP contribution < -0.4 is 5.46 Å². The van der Waals surface area contributed by atoms with E-state index in [2.05, 4.69) is 84.9 Å². The molecule has 9 rings (SSSR count). The largest absolute Gasteiger partial charge is 0.427 e. The lowest BCUT2D eigenvalue weighted by Gasteiger charge is -2.37. The van der Waals surface area contributed by atoms with E-state index in [1.807, 2.05) is 98.8 Å². The molecule has 0 saturated heterocycles. The van der Waals surface area contributed by atoms with Gasteiger partial charge in [-0.25, -0.2) is 24.9 Å². The smallest absolute Gasteiger partial charge is 0.330 e. The Kier molecular flexibility index (Phi) is 9.89. The topological polar surface area (TPSA) is 93.9 Å². The minimum atomic E-state index is -1.11. The quantitative estimate of drug-likeness (QED) is 0.109. The number of rotatable bonds is 10. The van der Waals surface area contributed by atoms with Crippen molar-refractivity contribution in [1.29, 1.82) is 0 Å². The highest BCUT2D eigenvalue weighted by molar-refractivity contribution is 6.47. The Labute approximate surface area is 344 Å². The van der Waals surface area contributed by atoms with E-state index >= 15 is 0 Å². The highest BCUT2D eigenvalue weighted by Crippen LogP contribution is 2.32. The van der Waals surface area contributed by atoms with Crippen LogP contribution in [0.3, 0.4) is 0 Å². The molecule has 6 aromatic carbocycles. The van der Waals surface area contributed by atoms with Crippen molar-refractivity contribution in [3.8, 4) is 67.8 Å². The summed E-state index contributed by atoms with van der Waals surface area (Å²) in [6, 6.07) is 57.3. The first-order chi connectivity index (χ1) is 28.6. The number of pyridine rings is 2. The van der Waals surface area contributed by atoms with Gasteiger partial charge in [-0.1, -0.05) is 157 Å². The zero-order valence-corrected chi connectivity index (χ0v) is 33.3. The van der Waals surface area contributed by atoms with E-state index in [0.29, 0.717) is 17.5 Å². The Morgan fingerprint density at radius 2 is 0.814 bits per heavy atom. The monoisotopic (exact) mass is 766 g/mol. The standard InChI is InChI=1S/C51H41BN5O2/c1-50(2,58)51(3,4)59-52-42-31-40(44-29-27-37-23-22-36-26-28-43(35-16-10-6-11-17-35)53-45(36)46(37)54-44)30-41(32-42)49-56-47(38-18-12-7-13-19-38)55-48(57-49)39-24-20-34(21-25-39)33-14-8-5-9-15-33/h5-32,58H,1-4H3. The molecule has 0 bridgehead atoms. The zero-order valence-electron chi connectivity index (χ0n) is 33.3. The van der Waals surface area contributed by atoms with Crippen LogP contribution in [-0.4, -0.2) is 48.7 Å². The summed E-state index contributed by atoms with van der Waals surface area (Å²) in [4.78, 5) is 25.6. The van der Waals surface area contributed by atoms with Crippen molar-refractivity contribution in [1.82, 2.24) is 24.9 Å². The van der Waals surface area contributed by atoms with Gasteiger partial charge in [-0.3, -0.25) is 0 Å². The summed E-state index contributed by atoms with van der Waals surface area (Å²) in [5, 5.41) is 12.9. The molecule has 0 spiro atoms. The number of hydrogen-bond donors (Lipinski definition) is 1. The number of nitrogens with zero attached hydrogens (tertiary/aromatic N) is 5. The van der Waals surface area contributed by atoms with Crippen LogP contribution in [-0.2, 0) is 4.65 Å². The second-order valence-electron chi connectivity index (χ2n) is 15.7. The molecule has 0 aliphatic carbocycles. The van der Waals surface area contributed by atoms with E-state index in [1.165, 1.54) is 0 Å². The lowest BCUT2D eigenvalue weighted by molar-refractivity contribution is -0.0893. The molecule has 7 nitrogen and oxygen atoms in total. The summed E-state index contributed by atoms with van der Waals surface area (Å²) >= 11 is 0. The van der Waals surface area contributed by atoms with Crippen molar-refractivity contribution in [2.24, 2.45) is 0 Å². The molecule has 59 heavy (non-hydrogen) atoms. The molecule has 1 N–H and O–H groups in total. The molecule has 8 heteroatoms. The van der Waals surface area contributed by atoms with Gasteiger partial charge in [0.05, 0.1) is 33.6 Å². The highest BCUT2D eigenvalue weighted by atomic mass is 16.5. The lowest BCUT2D eigenvalue weighted by atomic mass is 9.81. The third-order valence-corrected chi connectivity index (χ3v) is 11.0. The molecule has 0 amide bonds. The van der Waals surface area contributed by atoms with Gasteiger partial charge in [0.25, 0.3) is 0 Å². The van der Waals surface area contributed by atoms with Crippen LogP contribution in [0.1, 0.15) is 27.7 Å². The predicted octanol–water partition coefficient (Wildman–Crippen LogP) is 10.8. The van der Waals surface area contributed by atoms with E-state index in [4.69, 9.17) is 29.6 Å². The molecule has 0 fully saturated rings. The first-order valence-corrected chi connectivity index (χ1v) is 19.7. The van der Waals surface area contributed by atoms with E-state index in [0.717, 1.165) is 77.6 Å². The minimum absolute atomic E-state index is 0.500. The van der Waals surface area contributed by atoms with Gasteiger partial charge in [-0.05, 0) is 57.0 Å². The van der Waals surface area contributed by atoms with E-state index in [-0.39, 0.29) is 0 Å². The maximum Gasteiger partial charge on any atom is 0.330 e. The van der Waals surface area contributed by atoms with Crippen LogP contribution in [0.2, 0.25) is 0 Å². The summed E-state index contributed by atoms with van der Waals surface area (Å²) in [6.07, 6.45) is 0. The van der Waals surface area contributed by atoms with E-state index < -0.39 is 11.2 Å². The van der Waals surface area contributed by atoms with E-state index in [1.54, 1.807) is 21.3 Å². The minimum Gasteiger partial charge on any atom is -0.427 e. The van der Waals surface area contributed by atoms with Gasteiger partial charge in [-0.2, -0.15) is 0 Å². The normalized spacial score (nSPS) is 11.9. The maximum atomic E-state index is 10.9. The fourth-order valence-corrected chi connectivity index (χ4v) is 6.85. The molecule has 3 heterocycles. The predicted molar refractivity (Wildman–Crippen MR) is 240 cm³/mol. The average molecular weight is 767 g/mol. The maximum absolute atomic E-state index is 10.9. The molecule has 3 aromatic heterocycles. The van der Waals surface area contributed by atoms with E-state index in [9.17, 15) is 5.11 Å². The van der Waals surface area contributed by atoms with Gasteiger partial charge >= 0.3 is 7.48 Å². The Morgan fingerprint density at radius 3 is 1.36 bits per heavy atom. The SMILES string of the molecule is CC(C)(O)C(C)(C)O[B]c1cc(-c2ccc3ccc4ccc(-c5ccccc5)nc4c3n2)cc(-c2nc(-c3ccccc3)nc(-c3ccc(-c4ccccc4)cc3)n2)c1. The number of aliphatic hydroxyl groups is 1. The third-order valence-electron chi connectivity index (χ3n) is 11.0. The molecular weight excluding hydrogens is 725 g/mol. The van der Waals surface area contributed by atoms with Crippen LogP contribution >= 0.6 is 0 Å². The molecular formula is C51H41BN5O2. The Balaban J connectivity index is 1.19. The average Bonchev–Trinajstić information content (AvgIpc) is 3.28. The summed E-state index contributed by atoms with van der Waals surface area (Å²) in [7, 11) is 1.69. The van der Waals surface area contributed by atoms with Gasteiger partial charge in [0.1, 0.15) is 0 Å². The summed E-state index contributed by atoms with van der Waals surface area (Å²) in [5.41, 5.74) is 8.66. The van der Waals surface area contributed by atoms with Gasteiger partial charge in [0.15, 0.2) is 17.5 Å². The van der Waals surface area contributed by atoms with Gasteiger partial charge in [-0.15, -0.1) is 0 Å². The molecule has 0 atom stereocenters. The van der Waals surface area contributed by atoms with Crippen molar-refractivity contribution >= 4 is 34.8 Å². The fourth-order valence-electron chi connectivity index (χ4n) is 6.85. The summed E-state index contributed by atoms with van der Waals surface area (Å²) < 4.78 is 6.32. The lowest BCUT2D eigenvalue weighted by Crippen LogP contribution is -2.49. The number of benzene rings is 6. The van der Waals surface area contributed by atoms with Crippen molar-refractivity contribution in [2.75, 3.05) is 0 Å². The van der Waals surface area contributed by atoms with Crippen LogP contribution in [0, 0.1) is 0 Å². The van der Waals surface area contributed by atoms with Crippen molar-refractivity contribution in [2.45, 2.75) is 38.9 Å². The molecule has 0 aliphatic rings. The molecule has 1 radical (unpaired) electrons. The number of hydrogen-bond acceptors (Lipinski definition) is 7. The summed E-state index contributed by atoms with van der Waals surface area (Å²) in [6.45, 7) is 7.23. The number of aromatic nitrogens is 5. The second-order valence-corrected chi connectivity index (χ2v) is 15.7. The number of fused-ring (bicyclic) bond motifs is 3. The van der Waals surface area contributed by atoms with Crippen molar-refractivity contribution in [3.05, 3.63) is 170 Å². The second kappa shape index (κ2) is 15.5. The highest BCUT2D eigenvalue weighted by Gasteiger charge is 2.35. The van der Waals surface area contributed by atoms with Crippen molar-refractivity contribution < 1.29 is 9.76 Å². The first-order valence-electron chi connectivity index (χ1n) is 19.7. The Bertz CT molecular complexity index is 2930. The van der Waals surface area contributed by atoms with Crippen LogP contribution in [0.5, 0.6) is 0 Å². The van der Waals surface area contributed by atoms with Gasteiger partial charge in [0, 0.05) is 38.6 Å². The molecule has 0 aliphatic heterocycles. The van der Waals surface area contributed by atoms with Crippen LogP contribution in [0.4, 0.5) is 0 Å². The first kappa shape index (κ1) is 37.7. The third kappa shape index (κ3) is 7.88. The van der Waals surface area contributed by atoms with Gasteiger partial charge in [0.2, 0.25) is 0 Å². The Hall–Kier alpha value is -6.87. The molecule has 0 unspecified atom stereocenters. The van der Waals surface area contributed by atoms with Crippen molar-refractivity contribution in [3.63, 3.8) is 0 Å². The summed E-state index contributed by atoms with van der Waals surface area (Å²) in [5.74, 6) is 1.61. The Morgan fingerprint density at radius 1 is 0.407 bits per heavy atom. The van der Waals surface area contributed by atoms with Crippen LogP contribution in [0.15, 0.2) is 170 Å². The molecule has 285 valence electrons. The molecule has 0 saturated carbocycles.